The Balaban J connectivity index is 2.23. The van der Waals surface area contributed by atoms with Crippen LogP contribution in [0.2, 0.25) is 0 Å². The van der Waals surface area contributed by atoms with Crippen LogP contribution in [0.1, 0.15) is 32.1 Å². The smallest absolute Gasteiger partial charge is 0.245 e. The molecule has 1 aliphatic rings. The lowest BCUT2D eigenvalue weighted by Gasteiger charge is -2.26. The molecule has 0 radical (unpaired) electrons. The average Bonchev–Trinajstić information content (AvgIpc) is 2.96. The number of nitrogens with one attached hydrogen (secondary N) is 1. The van der Waals surface area contributed by atoms with Crippen molar-refractivity contribution in [1.29, 1.82) is 0 Å². The van der Waals surface area contributed by atoms with Gasteiger partial charge < -0.3 is 5.32 Å². The predicted molar refractivity (Wildman–Crippen MR) is 91.1 cm³/mol. The third-order valence-corrected chi connectivity index (χ3v) is 8.17. The SMILES string of the molecule is CNCc1cc(S(=O)(=O)N2CCC(C(C)(C)C)C2)c(Br)s1. The van der Waals surface area contributed by atoms with E-state index in [-0.39, 0.29) is 5.41 Å². The lowest BCUT2D eigenvalue weighted by atomic mass is 9.80. The number of rotatable bonds is 4. The minimum absolute atomic E-state index is 0.146. The van der Waals surface area contributed by atoms with Crippen molar-refractivity contribution in [3.63, 3.8) is 0 Å². The first-order valence-corrected chi connectivity index (χ1v) is 10.1. The van der Waals surface area contributed by atoms with Crippen LogP contribution in [0.5, 0.6) is 0 Å². The Bertz CT molecular complexity index is 605. The van der Waals surface area contributed by atoms with Gasteiger partial charge in [0, 0.05) is 24.5 Å². The van der Waals surface area contributed by atoms with Crippen molar-refractivity contribution in [2.24, 2.45) is 11.3 Å². The standard InChI is InChI=1S/C14H23BrN2O2S2/c1-14(2,3)10-5-6-17(9-10)21(18,19)12-7-11(8-16-4)20-13(12)15/h7,10,16H,5-6,8-9H2,1-4H3. The Morgan fingerprint density at radius 3 is 2.67 bits per heavy atom. The first-order chi connectivity index (χ1) is 9.66. The summed E-state index contributed by atoms with van der Waals surface area (Å²) >= 11 is 4.89. The second-order valence-electron chi connectivity index (χ2n) is 6.60. The molecule has 2 rings (SSSR count). The normalized spacial score (nSPS) is 21.1. The molecular weight excluding hydrogens is 372 g/mol. The van der Waals surface area contributed by atoms with E-state index in [1.165, 1.54) is 11.3 Å². The molecule has 0 spiro atoms. The fourth-order valence-corrected chi connectivity index (χ4v) is 6.77. The van der Waals surface area contributed by atoms with Gasteiger partial charge in [-0.25, -0.2) is 8.42 Å². The molecule has 1 unspecified atom stereocenters. The van der Waals surface area contributed by atoms with E-state index in [4.69, 9.17) is 0 Å². The molecule has 2 heterocycles. The molecule has 7 heteroatoms. The molecule has 1 N–H and O–H groups in total. The van der Waals surface area contributed by atoms with Gasteiger partial charge in [0.15, 0.2) is 0 Å². The van der Waals surface area contributed by atoms with E-state index >= 15 is 0 Å². The van der Waals surface area contributed by atoms with E-state index in [0.29, 0.717) is 34.2 Å². The molecule has 0 aliphatic carbocycles. The van der Waals surface area contributed by atoms with Crippen LogP contribution in [0.25, 0.3) is 0 Å². The van der Waals surface area contributed by atoms with Crippen molar-refractivity contribution in [2.75, 3.05) is 20.1 Å². The molecule has 120 valence electrons. The maximum Gasteiger partial charge on any atom is 0.245 e. The van der Waals surface area contributed by atoms with E-state index < -0.39 is 10.0 Å². The highest BCUT2D eigenvalue weighted by molar-refractivity contribution is 9.11. The molecule has 1 aliphatic heterocycles. The lowest BCUT2D eigenvalue weighted by Crippen LogP contribution is -2.31. The van der Waals surface area contributed by atoms with Gasteiger partial charge in [-0.05, 0) is 46.8 Å². The Morgan fingerprint density at radius 1 is 1.48 bits per heavy atom. The molecule has 4 nitrogen and oxygen atoms in total. The van der Waals surface area contributed by atoms with Crippen LogP contribution in [0, 0.1) is 11.3 Å². The van der Waals surface area contributed by atoms with Crippen molar-refractivity contribution in [3.8, 4) is 0 Å². The first-order valence-electron chi connectivity index (χ1n) is 7.09. The third-order valence-electron chi connectivity index (χ3n) is 4.05. The highest BCUT2D eigenvalue weighted by atomic mass is 79.9. The second kappa shape index (κ2) is 6.28. The predicted octanol–water partition coefficient (Wildman–Crippen LogP) is 3.29. The largest absolute Gasteiger partial charge is 0.315 e. The molecule has 1 aromatic heterocycles. The minimum Gasteiger partial charge on any atom is -0.315 e. The molecule has 21 heavy (non-hydrogen) atoms. The Kier molecular flexibility index (Phi) is 5.20. The fourth-order valence-electron chi connectivity index (χ4n) is 2.63. The van der Waals surface area contributed by atoms with Gasteiger partial charge in [-0.3, -0.25) is 0 Å². The van der Waals surface area contributed by atoms with Crippen LogP contribution in [0.4, 0.5) is 0 Å². The molecule has 0 saturated carbocycles. The monoisotopic (exact) mass is 394 g/mol. The van der Waals surface area contributed by atoms with Crippen LogP contribution in [-0.4, -0.2) is 32.9 Å². The van der Waals surface area contributed by atoms with Crippen molar-refractivity contribution in [1.82, 2.24) is 9.62 Å². The summed E-state index contributed by atoms with van der Waals surface area (Å²) in [5.74, 6) is 0.418. The highest BCUT2D eigenvalue weighted by Gasteiger charge is 2.38. The molecule has 0 bridgehead atoms. The van der Waals surface area contributed by atoms with E-state index in [0.717, 1.165) is 11.3 Å². The summed E-state index contributed by atoms with van der Waals surface area (Å²) < 4.78 is 28.0. The number of hydrogen-bond donors (Lipinski definition) is 1. The quantitative estimate of drug-likeness (QED) is 0.851. The summed E-state index contributed by atoms with van der Waals surface area (Å²) in [5, 5.41) is 3.05. The van der Waals surface area contributed by atoms with Crippen LogP contribution in [-0.2, 0) is 16.6 Å². The summed E-state index contributed by atoms with van der Waals surface area (Å²) in [7, 11) is -1.53. The van der Waals surface area contributed by atoms with Gasteiger partial charge >= 0.3 is 0 Å². The van der Waals surface area contributed by atoms with Crippen LogP contribution >= 0.6 is 27.3 Å². The van der Waals surface area contributed by atoms with Crippen LogP contribution in [0.15, 0.2) is 14.7 Å². The highest BCUT2D eigenvalue weighted by Crippen LogP contribution is 2.39. The van der Waals surface area contributed by atoms with Gasteiger partial charge in [0.25, 0.3) is 0 Å². The van der Waals surface area contributed by atoms with Crippen LogP contribution < -0.4 is 5.32 Å². The number of thiophene rings is 1. The minimum atomic E-state index is -3.39. The van der Waals surface area contributed by atoms with Crippen molar-refractivity contribution >= 4 is 37.3 Å². The maximum atomic E-state index is 12.8. The zero-order valence-electron chi connectivity index (χ0n) is 12.9. The third kappa shape index (κ3) is 3.69. The summed E-state index contributed by atoms with van der Waals surface area (Å²) in [5.41, 5.74) is 0.146. The average molecular weight is 395 g/mol. The molecule has 0 aromatic carbocycles. The van der Waals surface area contributed by atoms with Gasteiger partial charge in [0.2, 0.25) is 10.0 Å². The van der Waals surface area contributed by atoms with E-state index in [9.17, 15) is 8.42 Å². The summed E-state index contributed by atoms with van der Waals surface area (Å²) in [6, 6.07) is 1.78. The lowest BCUT2D eigenvalue weighted by molar-refractivity contribution is 0.252. The van der Waals surface area contributed by atoms with Crippen LogP contribution in [0.3, 0.4) is 0 Å². The molecular formula is C14H23BrN2O2S2. The fraction of sp³-hybridized carbons (Fsp3) is 0.714. The maximum absolute atomic E-state index is 12.8. The first kappa shape index (κ1) is 17.4. The summed E-state index contributed by atoms with van der Waals surface area (Å²) in [6.07, 6.45) is 0.938. The van der Waals surface area contributed by atoms with Gasteiger partial charge in [0.1, 0.15) is 4.90 Å². The molecule has 1 saturated heterocycles. The van der Waals surface area contributed by atoms with E-state index in [1.807, 2.05) is 7.05 Å². The summed E-state index contributed by atoms with van der Waals surface area (Å²) in [6.45, 7) is 8.46. The number of hydrogen-bond acceptors (Lipinski definition) is 4. The Morgan fingerprint density at radius 2 is 2.14 bits per heavy atom. The van der Waals surface area contributed by atoms with Gasteiger partial charge in [-0.2, -0.15) is 4.31 Å². The Labute approximate surface area is 140 Å². The zero-order chi connectivity index (χ0) is 15.8. The van der Waals surface area contributed by atoms with Gasteiger partial charge in [0.05, 0.1) is 3.79 Å². The van der Waals surface area contributed by atoms with Crippen molar-refractivity contribution in [3.05, 3.63) is 14.7 Å². The number of nitrogens with zero attached hydrogens (tertiary/aromatic N) is 1. The second-order valence-corrected chi connectivity index (χ2v) is 11.0. The Hall–Kier alpha value is 0.0500. The topological polar surface area (TPSA) is 49.4 Å². The molecule has 1 atom stereocenters. The van der Waals surface area contributed by atoms with Gasteiger partial charge in [-0.1, -0.05) is 20.8 Å². The van der Waals surface area contributed by atoms with Gasteiger partial charge in [-0.15, -0.1) is 11.3 Å². The summed E-state index contributed by atoms with van der Waals surface area (Å²) in [4.78, 5) is 1.43. The molecule has 0 amide bonds. The number of sulfonamides is 1. The molecule has 1 aromatic rings. The van der Waals surface area contributed by atoms with Crippen molar-refractivity contribution < 1.29 is 8.42 Å². The molecule has 1 fully saturated rings. The van der Waals surface area contributed by atoms with E-state index in [2.05, 4.69) is 42.0 Å². The zero-order valence-corrected chi connectivity index (χ0v) is 16.2. The van der Waals surface area contributed by atoms with Crippen molar-refractivity contribution in [2.45, 2.75) is 38.6 Å². The number of halogens is 1. The van der Waals surface area contributed by atoms with E-state index in [1.54, 1.807) is 10.4 Å².